The highest BCUT2D eigenvalue weighted by atomic mass is 15.3. The molecule has 0 aliphatic carbocycles. The lowest BCUT2D eigenvalue weighted by Gasteiger charge is -2.00. The number of aromatic nitrogens is 1. The maximum Gasteiger partial charge on any atom is 0.0352 e. The van der Waals surface area contributed by atoms with Crippen LogP contribution in [-0.4, -0.2) is 12.0 Å². The van der Waals surface area contributed by atoms with Crippen LogP contribution in [0.25, 0.3) is 0 Å². The Balaban J connectivity index is 2.43. The van der Waals surface area contributed by atoms with Gasteiger partial charge in [0.1, 0.15) is 0 Å². The molecule has 3 heteroatoms. The Kier molecular flexibility index (Phi) is 2.86. The average molecular weight is 137 g/mol. The van der Waals surface area contributed by atoms with Crippen LogP contribution in [0.2, 0.25) is 0 Å². The molecule has 0 fully saturated rings. The van der Waals surface area contributed by atoms with Crippen LogP contribution in [0.5, 0.6) is 0 Å². The van der Waals surface area contributed by atoms with Gasteiger partial charge >= 0.3 is 0 Å². The van der Waals surface area contributed by atoms with Crippen LogP contribution >= 0.6 is 0 Å². The van der Waals surface area contributed by atoms with Crippen molar-refractivity contribution in [3.8, 4) is 0 Å². The van der Waals surface area contributed by atoms with E-state index < -0.39 is 0 Å². The third-order valence-corrected chi connectivity index (χ3v) is 1.22. The van der Waals surface area contributed by atoms with Gasteiger partial charge in [0.05, 0.1) is 0 Å². The van der Waals surface area contributed by atoms with Gasteiger partial charge in [-0.05, 0) is 24.7 Å². The zero-order valence-corrected chi connectivity index (χ0v) is 5.96. The first-order valence-electron chi connectivity index (χ1n) is 3.22. The maximum atomic E-state index is 3.91. The SMILES string of the molecule is CNNCc1ccncc1. The van der Waals surface area contributed by atoms with E-state index in [2.05, 4.69) is 15.8 Å². The molecule has 0 aliphatic rings. The molecular formula is C7H11N3. The molecule has 54 valence electrons. The molecule has 0 atom stereocenters. The molecule has 1 aromatic heterocycles. The predicted molar refractivity (Wildman–Crippen MR) is 40.1 cm³/mol. The van der Waals surface area contributed by atoms with Crippen molar-refractivity contribution in [2.24, 2.45) is 0 Å². The van der Waals surface area contributed by atoms with Crippen molar-refractivity contribution in [1.82, 2.24) is 15.8 Å². The Morgan fingerprint density at radius 1 is 1.40 bits per heavy atom. The third kappa shape index (κ3) is 2.13. The number of hydrogen-bond donors (Lipinski definition) is 2. The van der Waals surface area contributed by atoms with Crippen molar-refractivity contribution in [1.29, 1.82) is 0 Å². The van der Waals surface area contributed by atoms with Gasteiger partial charge in [-0.3, -0.25) is 15.8 Å². The van der Waals surface area contributed by atoms with Gasteiger partial charge in [0.25, 0.3) is 0 Å². The first-order valence-corrected chi connectivity index (χ1v) is 3.22. The number of hydrazine groups is 1. The van der Waals surface area contributed by atoms with Crippen molar-refractivity contribution >= 4 is 0 Å². The van der Waals surface area contributed by atoms with E-state index in [0.29, 0.717) is 0 Å². The van der Waals surface area contributed by atoms with Gasteiger partial charge in [0.15, 0.2) is 0 Å². The molecule has 3 nitrogen and oxygen atoms in total. The van der Waals surface area contributed by atoms with Crippen LogP contribution < -0.4 is 10.9 Å². The molecule has 0 spiro atoms. The second-order valence-electron chi connectivity index (χ2n) is 1.96. The molecule has 0 bridgehead atoms. The summed E-state index contributed by atoms with van der Waals surface area (Å²) < 4.78 is 0. The molecule has 0 saturated carbocycles. The molecule has 0 amide bonds. The molecule has 10 heavy (non-hydrogen) atoms. The topological polar surface area (TPSA) is 37.0 Å². The largest absolute Gasteiger partial charge is 0.265 e. The fourth-order valence-electron chi connectivity index (χ4n) is 0.691. The van der Waals surface area contributed by atoms with Crippen molar-refractivity contribution < 1.29 is 0 Å². The lowest BCUT2D eigenvalue weighted by Crippen LogP contribution is -2.26. The van der Waals surface area contributed by atoms with Gasteiger partial charge in [0, 0.05) is 18.9 Å². The van der Waals surface area contributed by atoms with E-state index >= 15 is 0 Å². The highest BCUT2D eigenvalue weighted by Crippen LogP contribution is 1.92. The summed E-state index contributed by atoms with van der Waals surface area (Å²) in [6.45, 7) is 0.832. The molecule has 0 aromatic carbocycles. The van der Waals surface area contributed by atoms with E-state index in [1.54, 1.807) is 12.4 Å². The predicted octanol–water partition coefficient (Wildman–Crippen LogP) is 0.306. The number of pyridine rings is 1. The van der Waals surface area contributed by atoms with Gasteiger partial charge in [-0.1, -0.05) is 0 Å². The summed E-state index contributed by atoms with van der Waals surface area (Å²) in [5.41, 5.74) is 7.06. The highest BCUT2D eigenvalue weighted by molar-refractivity contribution is 5.08. The average Bonchev–Trinajstić information content (AvgIpc) is 2.03. The minimum Gasteiger partial charge on any atom is -0.265 e. The molecule has 0 unspecified atom stereocenters. The first-order chi connectivity index (χ1) is 4.93. The molecule has 1 aromatic rings. The minimum atomic E-state index is 0.832. The van der Waals surface area contributed by atoms with Crippen molar-refractivity contribution in [3.63, 3.8) is 0 Å². The zero-order chi connectivity index (χ0) is 7.23. The first kappa shape index (κ1) is 7.18. The van der Waals surface area contributed by atoms with E-state index in [-0.39, 0.29) is 0 Å². The lowest BCUT2D eigenvalue weighted by molar-refractivity contribution is 0.596. The Morgan fingerprint density at radius 3 is 2.70 bits per heavy atom. The summed E-state index contributed by atoms with van der Waals surface area (Å²) in [5, 5.41) is 0. The summed E-state index contributed by atoms with van der Waals surface area (Å²) in [5.74, 6) is 0. The number of nitrogens with zero attached hydrogens (tertiary/aromatic N) is 1. The Bertz CT molecular complexity index is 173. The van der Waals surface area contributed by atoms with Crippen molar-refractivity contribution in [2.45, 2.75) is 6.54 Å². The smallest absolute Gasteiger partial charge is 0.0352 e. The van der Waals surface area contributed by atoms with Crippen molar-refractivity contribution in [2.75, 3.05) is 7.05 Å². The second-order valence-corrected chi connectivity index (χ2v) is 1.96. The molecule has 1 heterocycles. The van der Waals surface area contributed by atoms with E-state index in [4.69, 9.17) is 0 Å². The zero-order valence-electron chi connectivity index (χ0n) is 5.96. The molecule has 0 aliphatic heterocycles. The highest BCUT2D eigenvalue weighted by Gasteiger charge is 1.86. The van der Waals surface area contributed by atoms with Crippen LogP contribution in [0.15, 0.2) is 24.5 Å². The Hall–Kier alpha value is -0.930. The van der Waals surface area contributed by atoms with Gasteiger partial charge in [-0.25, -0.2) is 0 Å². The number of hydrogen-bond acceptors (Lipinski definition) is 3. The summed E-state index contributed by atoms with van der Waals surface area (Å²) >= 11 is 0. The van der Waals surface area contributed by atoms with Crippen LogP contribution in [0.3, 0.4) is 0 Å². The molecular weight excluding hydrogens is 126 g/mol. The van der Waals surface area contributed by atoms with E-state index in [1.165, 1.54) is 5.56 Å². The van der Waals surface area contributed by atoms with Gasteiger partial charge in [0.2, 0.25) is 0 Å². The third-order valence-electron chi connectivity index (χ3n) is 1.22. The van der Waals surface area contributed by atoms with Crippen LogP contribution in [0.1, 0.15) is 5.56 Å². The van der Waals surface area contributed by atoms with Crippen molar-refractivity contribution in [3.05, 3.63) is 30.1 Å². The summed E-state index contributed by atoms with van der Waals surface area (Å²) in [6.07, 6.45) is 3.57. The Labute approximate surface area is 60.5 Å². The lowest BCUT2D eigenvalue weighted by atomic mass is 10.3. The normalized spacial score (nSPS) is 9.70. The summed E-state index contributed by atoms with van der Waals surface area (Å²) in [6, 6.07) is 3.95. The van der Waals surface area contributed by atoms with Crippen LogP contribution in [0, 0.1) is 0 Å². The molecule has 1 rings (SSSR count). The van der Waals surface area contributed by atoms with E-state index in [9.17, 15) is 0 Å². The van der Waals surface area contributed by atoms with Gasteiger partial charge in [-0.2, -0.15) is 0 Å². The summed E-state index contributed by atoms with van der Waals surface area (Å²) in [4.78, 5) is 3.91. The molecule has 0 saturated heterocycles. The summed E-state index contributed by atoms with van der Waals surface area (Å²) in [7, 11) is 1.85. The number of rotatable bonds is 3. The number of nitrogens with one attached hydrogen (secondary N) is 2. The van der Waals surface area contributed by atoms with Crippen LogP contribution in [0.4, 0.5) is 0 Å². The molecule has 2 N–H and O–H groups in total. The maximum absolute atomic E-state index is 3.91. The van der Waals surface area contributed by atoms with E-state index in [0.717, 1.165) is 6.54 Å². The fourth-order valence-corrected chi connectivity index (χ4v) is 0.691. The molecule has 0 radical (unpaired) electrons. The van der Waals surface area contributed by atoms with Gasteiger partial charge < -0.3 is 0 Å². The van der Waals surface area contributed by atoms with Crippen LogP contribution in [-0.2, 0) is 6.54 Å². The quantitative estimate of drug-likeness (QED) is 0.588. The minimum absolute atomic E-state index is 0.832. The van der Waals surface area contributed by atoms with Gasteiger partial charge in [-0.15, -0.1) is 0 Å². The van der Waals surface area contributed by atoms with E-state index in [1.807, 2.05) is 19.2 Å². The monoisotopic (exact) mass is 137 g/mol. The standard InChI is InChI=1S/C7H11N3/c1-8-10-6-7-2-4-9-5-3-7/h2-5,8,10H,6H2,1H3. The Morgan fingerprint density at radius 2 is 2.10 bits per heavy atom. The second kappa shape index (κ2) is 3.98. The fraction of sp³-hybridized carbons (Fsp3) is 0.286.